The molecule has 0 aliphatic heterocycles. The molecule has 17 heavy (non-hydrogen) atoms. The van der Waals surface area contributed by atoms with E-state index in [-0.39, 0.29) is 0 Å². The van der Waals surface area contributed by atoms with Crippen molar-refractivity contribution >= 4 is 17.5 Å². The minimum atomic E-state index is -0.645. The number of nitrogens with one attached hydrogen (secondary N) is 1. The number of amides is 1. The number of oxime groups is 1. The van der Waals surface area contributed by atoms with Crippen LogP contribution in [0.1, 0.15) is 19.4 Å². The first-order valence-electron chi connectivity index (χ1n) is 5.16. The Morgan fingerprint density at radius 3 is 2.65 bits per heavy atom. The van der Waals surface area contributed by atoms with E-state index in [4.69, 9.17) is 4.74 Å². The summed E-state index contributed by atoms with van der Waals surface area (Å²) in [5, 5.41) is 6.11. The average molecular weight is 236 g/mol. The molecular formula is C12H16N2O3. The highest BCUT2D eigenvalue weighted by molar-refractivity contribution is 5.87. The van der Waals surface area contributed by atoms with Gasteiger partial charge in [0.2, 0.25) is 0 Å². The van der Waals surface area contributed by atoms with Crippen molar-refractivity contribution < 1.29 is 14.4 Å². The highest BCUT2D eigenvalue weighted by Gasteiger charge is 2.08. The number of hydrogen-bond donors (Lipinski definition) is 1. The predicted molar refractivity (Wildman–Crippen MR) is 66.6 cm³/mol. The number of rotatable bonds is 3. The summed E-state index contributed by atoms with van der Waals surface area (Å²) in [6.07, 6.45) is -0.645. The van der Waals surface area contributed by atoms with Crippen LogP contribution >= 0.6 is 0 Å². The number of anilines is 1. The zero-order valence-electron chi connectivity index (χ0n) is 10.4. The summed E-state index contributed by atoms with van der Waals surface area (Å²) < 4.78 is 5.15. The molecule has 1 amide bonds. The normalized spacial score (nSPS) is 9.41. The minimum Gasteiger partial charge on any atom is -0.495 e. The molecule has 0 aliphatic rings. The van der Waals surface area contributed by atoms with Crippen molar-refractivity contribution in [3.8, 4) is 5.75 Å². The maximum absolute atomic E-state index is 11.4. The van der Waals surface area contributed by atoms with Gasteiger partial charge in [0, 0.05) is 0 Å². The zero-order chi connectivity index (χ0) is 12.8. The van der Waals surface area contributed by atoms with Gasteiger partial charge in [-0.3, -0.25) is 10.2 Å². The number of aryl methyl sites for hydroxylation is 1. The van der Waals surface area contributed by atoms with Crippen LogP contribution < -0.4 is 10.1 Å². The maximum atomic E-state index is 11.4. The molecule has 5 heteroatoms. The van der Waals surface area contributed by atoms with Crippen LogP contribution in [0.4, 0.5) is 10.5 Å². The quantitative estimate of drug-likeness (QED) is 0.498. The van der Waals surface area contributed by atoms with Gasteiger partial charge < -0.3 is 4.74 Å². The smallest absolute Gasteiger partial charge is 0.437 e. The molecule has 0 spiro atoms. The zero-order valence-corrected chi connectivity index (χ0v) is 10.4. The van der Waals surface area contributed by atoms with Crippen LogP contribution in [0.15, 0.2) is 23.4 Å². The third kappa shape index (κ3) is 4.14. The molecule has 5 nitrogen and oxygen atoms in total. The number of carbonyl (C=O) groups is 1. The first kappa shape index (κ1) is 13.0. The molecule has 0 saturated heterocycles. The molecule has 0 unspecified atom stereocenters. The van der Waals surface area contributed by atoms with Crippen LogP contribution in [-0.4, -0.2) is 18.9 Å². The second kappa shape index (κ2) is 5.89. The Morgan fingerprint density at radius 2 is 2.06 bits per heavy atom. The SMILES string of the molecule is COc1cc(C)ccc1NC(=O)ON=C(C)C. The molecule has 0 fully saturated rings. The topological polar surface area (TPSA) is 59.9 Å². The van der Waals surface area contributed by atoms with Crippen LogP contribution in [0, 0.1) is 6.92 Å². The molecule has 0 aromatic heterocycles. The van der Waals surface area contributed by atoms with Crippen LogP contribution in [0.3, 0.4) is 0 Å². The van der Waals surface area contributed by atoms with Gasteiger partial charge in [0.15, 0.2) is 0 Å². The Kier molecular flexibility index (Phi) is 4.51. The van der Waals surface area contributed by atoms with Crippen molar-refractivity contribution in [3.63, 3.8) is 0 Å². The van der Waals surface area contributed by atoms with Crippen LogP contribution in [-0.2, 0) is 4.84 Å². The van der Waals surface area contributed by atoms with Crippen molar-refractivity contribution in [2.24, 2.45) is 5.16 Å². The monoisotopic (exact) mass is 236 g/mol. The second-order valence-corrected chi connectivity index (χ2v) is 3.75. The van der Waals surface area contributed by atoms with Gasteiger partial charge in [0.05, 0.1) is 18.5 Å². The molecule has 0 saturated carbocycles. The average Bonchev–Trinajstić information content (AvgIpc) is 2.28. The van der Waals surface area contributed by atoms with Crippen LogP contribution in [0.2, 0.25) is 0 Å². The highest BCUT2D eigenvalue weighted by atomic mass is 16.7. The van der Waals surface area contributed by atoms with E-state index in [1.807, 2.05) is 19.1 Å². The molecule has 1 aromatic rings. The molecule has 0 heterocycles. The fourth-order valence-electron chi connectivity index (χ4n) is 1.17. The van der Waals surface area contributed by atoms with Gasteiger partial charge in [-0.25, -0.2) is 4.79 Å². The van der Waals surface area contributed by atoms with Crippen LogP contribution in [0.25, 0.3) is 0 Å². The summed E-state index contributed by atoms with van der Waals surface area (Å²) in [6.45, 7) is 5.41. The van der Waals surface area contributed by atoms with Crippen molar-refractivity contribution in [1.29, 1.82) is 0 Å². The molecule has 0 bridgehead atoms. The lowest BCUT2D eigenvalue weighted by atomic mass is 10.2. The van der Waals surface area contributed by atoms with E-state index in [2.05, 4.69) is 15.3 Å². The molecular weight excluding hydrogens is 220 g/mol. The minimum absolute atomic E-state index is 0.548. The van der Waals surface area contributed by atoms with Gasteiger partial charge in [-0.05, 0) is 38.5 Å². The van der Waals surface area contributed by atoms with Gasteiger partial charge in [0.25, 0.3) is 0 Å². The highest BCUT2D eigenvalue weighted by Crippen LogP contribution is 2.25. The number of carbonyl (C=O) groups excluding carboxylic acids is 1. The summed E-state index contributed by atoms with van der Waals surface area (Å²) in [5.41, 5.74) is 2.26. The molecule has 1 aromatic carbocycles. The van der Waals surface area contributed by atoms with Gasteiger partial charge in [0.1, 0.15) is 5.75 Å². The van der Waals surface area contributed by atoms with E-state index in [0.29, 0.717) is 17.1 Å². The lowest BCUT2D eigenvalue weighted by molar-refractivity contribution is 0.166. The lowest BCUT2D eigenvalue weighted by Gasteiger charge is -2.09. The van der Waals surface area contributed by atoms with E-state index in [9.17, 15) is 4.79 Å². The maximum Gasteiger partial charge on any atom is 0.437 e. The van der Waals surface area contributed by atoms with E-state index >= 15 is 0 Å². The van der Waals surface area contributed by atoms with E-state index in [1.165, 1.54) is 0 Å². The van der Waals surface area contributed by atoms with E-state index in [0.717, 1.165) is 5.56 Å². The van der Waals surface area contributed by atoms with Gasteiger partial charge in [-0.2, -0.15) is 0 Å². The van der Waals surface area contributed by atoms with Gasteiger partial charge >= 0.3 is 6.09 Å². The summed E-state index contributed by atoms with van der Waals surface area (Å²) >= 11 is 0. The van der Waals surface area contributed by atoms with Crippen molar-refractivity contribution in [3.05, 3.63) is 23.8 Å². The third-order valence-corrected chi connectivity index (χ3v) is 1.90. The number of methoxy groups -OCH3 is 1. The fraction of sp³-hybridized carbons (Fsp3) is 0.333. The molecule has 0 radical (unpaired) electrons. The Bertz CT molecular complexity index is 437. The second-order valence-electron chi connectivity index (χ2n) is 3.75. The predicted octanol–water partition coefficient (Wildman–Crippen LogP) is 2.95. The number of nitrogens with zero attached hydrogens (tertiary/aromatic N) is 1. The fourth-order valence-corrected chi connectivity index (χ4v) is 1.17. The Morgan fingerprint density at radius 1 is 1.35 bits per heavy atom. The van der Waals surface area contributed by atoms with Crippen LogP contribution in [0.5, 0.6) is 5.75 Å². The van der Waals surface area contributed by atoms with Crippen molar-refractivity contribution in [2.75, 3.05) is 12.4 Å². The number of benzene rings is 1. The molecule has 92 valence electrons. The summed E-state index contributed by atoms with van der Waals surface area (Å²) in [5.74, 6) is 0.583. The van der Waals surface area contributed by atoms with Crippen molar-refractivity contribution in [1.82, 2.24) is 0 Å². The molecule has 0 aliphatic carbocycles. The van der Waals surface area contributed by atoms with E-state index in [1.54, 1.807) is 27.0 Å². The Balaban J connectivity index is 2.74. The standard InChI is InChI=1S/C12H16N2O3/c1-8(2)14-17-12(15)13-10-6-5-9(3)7-11(10)16-4/h5-7H,1-4H3,(H,13,15). The third-order valence-electron chi connectivity index (χ3n) is 1.90. The number of hydrogen-bond acceptors (Lipinski definition) is 4. The summed E-state index contributed by atoms with van der Waals surface area (Å²) in [7, 11) is 1.54. The summed E-state index contributed by atoms with van der Waals surface area (Å²) in [4.78, 5) is 16.0. The molecule has 1 N–H and O–H groups in total. The van der Waals surface area contributed by atoms with E-state index < -0.39 is 6.09 Å². The Hall–Kier alpha value is -2.04. The molecule has 1 rings (SSSR count). The first-order valence-corrected chi connectivity index (χ1v) is 5.16. The van der Waals surface area contributed by atoms with Crippen molar-refractivity contribution in [2.45, 2.75) is 20.8 Å². The Labute approximate surface area is 100 Å². The molecule has 0 atom stereocenters. The van der Waals surface area contributed by atoms with Gasteiger partial charge in [-0.15, -0.1) is 0 Å². The number of ether oxygens (including phenoxy) is 1. The largest absolute Gasteiger partial charge is 0.495 e. The summed E-state index contributed by atoms with van der Waals surface area (Å²) in [6, 6.07) is 5.44. The first-order chi connectivity index (χ1) is 8.02. The lowest BCUT2D eigenvalue weighted by Crippen LogP contribution is -2.12. The van der Waals surface area contributed by atoms with Gasteiger partial charge in [-0.1, -0.05) is 11.2 Å².